The predicted molar refractivity (Wildman–Crippen MR) is 99.7 cm³/mol. The Bertz CT molecular complexity index is 831. The molecular weight excluding hydrogens is 356 g/mol. The van der Waals surface area contributed by atoms with Gasteiger partial charge in [0, 0.05) is 10.9 Å². The number of nitrogens with one attached hydrogen (secondary N) is 1. The Kier molecular flexibility index (Phi) is 6.46. The van der Waals surface area contributed by atoms with Crippen LogP contribution < -0.4 is 5.32 Å². The Labute approximate surface area is 155 Å². The number of hydrogen-bond acceptors (Lipinski definition) is 6. The first-order valence-electron chi connectivity index (χ1n) is 8.18. The fraction of sp³-hybridized carbons (Fsp3) is 0.333. The van der Waals surface area contributed by atoms with Crippen molar-refractivity contribution in [3.05, 3.63) is 55.8 Å². The molecule has 0 spiro atoms. The molecule has 7 nitrogen and oxygen atoms in total. The molecule has 0 aliphatic heterocycles. The van der Waals surface area contributed by atoms with E-state index < -0.39 is 22.9 Å². The number of nitro groups is 1. The molecule has 0 saturated carbocycles. The van der Waals surface area contributed by atoms with Crippen molar-refractivity contribution in [1.82, 2.24) is 0 Å². The van der Waals surface area contributed by atoms with Crippen LogP contribution in [0.1, 0.15) is 40.4 Å². The summed E-state index contributed by atoms with van der Waals surface area (Å²) in [5.41, 5.74) is 0.932. The smallest absolute Gasteiger partial charge is 0.349 e. The number of carbonyl (C=O) groups is 2. The molecule has 26 heavy (non-hydrogen) atoms. The highest BCUT2D eigenvalue weighted by atomic mass is 32.1. The molecular formula is C18H20N2O5S. The highest BCUT2D eigenvalue weighted by molar-refractivity contribution is 7.14. The van der Waals surface area contributed by atoms with Crippen LogP contribution in [-0.2, 0) is 16.0 Å². The second-order valence-corrected chi connectivity index (χ2v) is 7.01. The fourth-order valence-electron chi connectivity index (χ4n) is 2.38. The molecule has 2 rings (SSSR count). The summed E-state index contributed by atoms with van der Waals surface area (Å²) in [6.07, 6.45) is 0.767. The van der Waals surface area contributed by atoms with Crippen molar-refractivity contribution in [3.63, 3.8) is 0 Å². The monoisotopic (exact) mass is 376 g/mol. The first kappa shape index (κ1) is 19.6. The third-order valence-electron chi connectivity index (χ3n) is 3.75. The van der Waals surface area contributed by atoms with Crippen LogP contribution in [0.25, 0.3) is 0 Å². The lowest BCUT2D eigenvalue weighted by Crippen LogP contribution is -2.30. The number of benzene rings is 1. The molecule has 1 aromatic carbocycles. The maximum atomic E-state index is 12.3. The van der Waals surface area contributed by atoms with Gasteiger partial charge in [-0.05, 0) is 38.0 Å². The van der Waals surface area contributed by atoms with Crippen molar-refractivity contribution < 1.29 is 19.2 Å². The Morgan fingerprint density at radius 1 is 1.35 bits per heavy atom. The van der Waals surface area contributed by atoms with Gasteiger partial charge < -0.3 is 10.1 Å². The zero-order valence-corrected chi connectivity index (χ0v) is 15.6. The highest BCUT2D eigenvalue weighted by Gasteiger charge is 2.23. The van der Waals surface area contributed by atoms with Crippen LogP contribution in [0.3, 0.4) is 0 Å². The molecule has 1 atom stereocenters. The van der Waals surface area contributed by atoms with E-state index in [1.807, 2.05) is 6.92 Å². The molecule has 138 valence electrons. The number of carbonyl (C=O) groups excluding carboxylic acids is 2. The number of ether oxygens (including phenoxy) is 1. The Morgan fingerprint density at radius 3 is 2.69 bits per heavy atom. The van der Waals surface area contributed by atoms with Gasteiger partial charge in [0.25, 0.3) is 11.6 Å². The van der Waals surface area contributed by atoms with Crippen molar-refractivity contribution in [2.24, 2.45) is 0 Å². The number of nitro benzene ring substituents is 1. The van der Waals surface area contributed by atoms with Crippen LogP contribution in [0.5, 0.6) is 0 Å². The minimum atomic E-state index is -1.08. The van der Waals surface area contributed by atoms with Gasteiger partial charge in [-0.2, -0.15) is 0 Å². The third kappa shape index (κ3) is 4.66. The molecule has 0 bridgehead atoms. The Hall–Kier alpha value is -2.74. The number of aryl methyl sites for hydroxylation is 2. The summed E-state index contributed by atoms with van der Waals surface area (Å²) in [5, 5.41) is 13.4. The van der Waals surface area contributed by atoms with E-state index in [-0.39, 0.29) is 11.4 Å². The van der Waals surface area contributed by atoms with Crippen LogP contribution in [0.15, 0.2) is 30.3 Å². The number of thiophene rings is 1. The molecule has 0 fully saturated rings. The molecule has 1 N–H and O–H groups in total. The lowest BCUT2D eigenvalue weighted by molar-refractivity contribution is -0.383. The largest absolute Gasteiger partial charge is 0.448 e. The number of rotatable bonds is 7. The quantitative estimate of drug-likeness (QED) is 0.445. The normalized spacial score (nSPS) is 11.7. The van der Waals surface area contributed by atoms with Gasteiger partial charge in [-0.3, -0.25) is 14.9 Å². The Balaban J connectivity index is 2.04. The van der Waals surface area contributed by atoms with Crippen LogP contribution >= 0.6 is 11.3 Å². The van der Waals surface area contributed by atoms with Crippen molar-refractivity contribution in [2.75, 3.05) is 5.32 Å². The van der Waals surface area contributed by atoms with E-state index in [0.717, 1.165) is 23.3 Å². The second kappa shape index (κ2) is 8.57. The highest BCUT2D eigenvalue weighted by Crippen LogP contribution is 2.25. The zero-order valence-electron chi connectivity index (χ0n) is 14.8. The summed E-state index contributed by atoms with van der Waals surface area (Å²) in [4.78, 5) is 36.4. The fourth-order valence-corrected chi connectivity index (χ4v) is 3.34. The van der Waals surface area contributed by atoms with Crippen molar-refractivity contribution in [2.45, 2.75) is 39.7 Å². The van der Waals surface area contributed by atoms with Crippen LogP contribution in [0.4, 0.5) is 11.4 Å². The number of esters is 1. The van der Waals surface area contributed by atoms with Gasteiger partial charge in [-0.1, -0.05) is 25.5 Å². The van der Waals surface area contributed by atoms with E-state index in [1.165, 1.54) is 36.5 Å². The summed E-state index contributed by atoms with van der Waals surface area (Å²) >= 11 is 1.33. The van der Waals surface area contributed by atoms with E-state index in [4.69, 9.17) is 4.74 Å². The summed E-state index contributed by atoms with van der Waals surface area (Å²) < 4.78 is 5.21. The van der Waals surface area contributed by atoms with E-state index in [9.17, 15) is 19.7 Å². The standard InChI is InChI=1S/C18H20N2O5S/c1-4-7-13-10-16(26-12(13)3)18(22)25-11(2)17(21)19-14-8-5-6-9-15(14)20(23)24/h5-6,8-11H,4,7H2,1-3H3,(H,19,21)/t11-/m1/s1. The van der Waals surface area contributed by atoms with Gasteiger partial charge in [-0.25, -0.2) is 4.79 Å². The average Bonchev–Trinajstić information content (AvgIpc) is 2.96. The van der Waals surface area contributed by atoms with Crippen molar-refractivity contribution in [3.8, 4) is 0 Å². The van der Waals surface area contributed by atoms with Crippen LogP contribution in [-0.4, -0.2) is 22.9 Å². The molecule has 1 amide bonds. The molecule has 8 heteroatoms. The van der Waals surface area contributed by atoms with Gasteiger partial charge in [0.15, 0.2) is 6.10 Å². The maximum Gasteiger partial charge on any atom is 0.349 e. The topological polar surface area (TPSA) is 98.5 Å². The SMILES string of the molecule is CCCc1cc(C(=O)O[C@H](C)C(=O)Nc2ccccc2[N+](=O)[O-])sc1C. The van der Waals surface area contributed by atoms with Gasteiger partial charge >= 0.3 is 5.97 Å². The van der Waals surface area contributed by atoms with Gasteiger partial charge in [-0.15, -0.1) is 11.3 Å². The van der Waals surface area contributed by atoms with Crippen molar-refractivity contribution >= 4 is 34.6 Å². The van der Waals surface area contributed by atoms with E-state index in [2.05, 4.69) is 12.2 Å². The van der Waals surface area contributed by atoms with Gasteiger partial charge in [0.05, 0.1) is 4.92 Å². The molecule has 0 aliphatic rings. The first-order chi connectivity index (χ1) is 12.3. The number of anilines is 1. The number of hydrogen-bond donors (Lipinski definition) is 1. The lowest BCUT2D eigenvalue weighted by atomic mass is 10.1. The summed E-state index contributed by atoms with van der Waals surface area (Å²) in [5.74, 6) is -1.21. The molecule has 0 radical (unpaired) electrons. The zero-order chi connectivity index (χ0) is 19.3. The molecule has 1 aromatic heterocycles. The first-order valence-corrected chi connectivity index (χ1v) is 8.99. The minimum absolute atomic E-state index is 0.0580. The van der Waals surface area contributed by atoms with Crippen LogP contribution in [0.2, 0.25) is 0 Å². The average molecular weight is 376 g/mol. The molecule has 2 aromatic rings. The van der Waals surface area contributed by atoms with E-state index in [1.54, 1.807) is 12.1 Å². The molecule has 0 aliphatic carbocycles. The third-order valence-corrected chi connectivity index (χ3v) is 4.83. The maximum absolute atomic E-state index is 12.3. The second-order valence-electron chi connectivity index (χ2n) is 5.75. The van der Waals surface area contributed by atoms with Crippen LogP contribution in [0, 0.1) is 17.0 Å². The molecule has 0 unspecified atom stereocenters. The predicted octanol–water partition coefficient (Wildman–Crippen LogP) is 4.10. The molecule has 0 saturated heterocycles. The number of nitrogens with zero attached hydrogens (tertiary/aromatic N) is 1. The number of para-hydroxylation sites is 2. The van der Waals surface area contributed by atoms with Crippen molar-refractivity contribution in [1.29, 1.82) is 0 Å². The van der Waals surface area contributed by atoms with Gasteiger partial charge in [0.1, 0.15) is 10.6 Å². The van der Waals surface area contributed by atoms with E-state index in [0.29, 0.717) is 4.88 Å². The summed E-state index contributed by atoms with van der Waals surface area (Å²) in [6, 6.07) is 7.58. The lowest BCUT2D eigenvalue weighted by Gasteiger charge is -2.13. The minimum Gasteiger partial charge on any atom is -0.448 e. The van der Waals surface area contributed by atoms with E-state index >= 15 is 0 Å². The number of amides is 1. The summed E-state index contributed by atoms with van der Waals surface area (Å²) in [7, 11) is 0. The van der Waals surface area contributed by atoms with Gasteiger partial charge in [0.2, 0.25) is 0 Å². The Morgan fingerprint density at radius 2 is 2.04 bits per heavy atom. The molecule has 1 heterocycles. The summed E-state index contributed by atoms with van der Waals surface area (Å²) in [6.45, 7) is 5.43.